The quantitative estimate of drug-likeness (QED) is 0.936. The zero-order valence-corrected chi connectivity index (χ0v) is 11.9. The van der Waals surface area contributed by atoms with Crippen LogP contribution in [-0.2, 0) is 13.5 Å². The second-order valence-electron chi connectivity index (χ2n) is 3.95. The molecular formula is C12H11BrClFN2O. The fourth-order valence-electron chi connectivity index (χ4n) is 1.71. The van der Waals surface area contributed by atoms with E-state index in [0.717, 1.165) is 4.47 Å². The Morgan fingerprint density at radius 2 is 2.28 bits per heavy atom. The highest BCUT2D eigenvalue weighted by Gasteiger charge is 2.17. The smallest absolute Gasteiger partial charge is 0.138 e. The predicted octanol–water partition coefficient (Wildman–Crippen LogP) is 3.25. The maximum Gasteiger partial charge on any atom is 0.138 e. The molecule has 1 aromatic heterocycles. The lowest BCUT2D eigenvalue weighted by Crippen LogP contribution is -2.09. The van der Waals surface area contributed by atoms with Crippen molar-refractivity contribution in [3.63, 3.8) is 0 Å². The molecule has 2 rings (SSSR count). The number of rotatable bonds is 3. The summed E-state index contributed by atoms with van der Waals surface area (Å²) >= 11 is 9.18. The summed E-state index contributed by atoms with van der Waals surface area (Å²) < 4.78 is 15.5. The van der Waals surface area contributed by atoms with E-state index in [-0.39, 0.29) is 12.2 Å². The van der Waals surface area contributed by atoms with Gasteiger partial charge in [0.05, 0.1) is 6.20 Å². The average Bonchev–Trinajstić information content (AvgIpc) is 2.65. The Bertz CT molecular complexity index is 573. The summed E-state index contributed by atoms with van der Waals surface area (Å²) in [6, 6.07) is 4.36. The van der Waals surface area contributed by atoms with E-state index in [2.05, 4.69) is 20.9 Å². The Balaban J connectivity index is 2.23. The average molecular weight is 334 g/mol. The summed E-state index contributed by atoms with van der Waals surface area (Å²) in [7, 11) is 1.72. The van der Waals surface area contributed by atoms with Gasteiger partial charge in [-0.25, -0.2) is 9.37 Å². The highest BCUT2D eigenvalue weighted by atomic mass is 79.9. The van der Waals surface area contributed by atoms with E-state index in [0.29, 0.717) is 16.5 Å². The number of hydrogen-bond acceptors (Lipinski definition) is 2. The van der Waals surface area contributed by atoms with Crippen molar-refractivity contribution in [3.05, 3.63) is 51.2 Å². The van der Waals surface area contributed by atoms with Crippen LogP contribution in [0, 0.1) is 5.82 Å². The Labute approximate surface area is 117 Å². The van der Waals surface area contributed by atoms with Gasteiger partial charge in [0.15, 0.2) is 0 Å². The molecule has 6 heteroatoms. The second-order valence-corrected chi connectivity index (χ2v) is 5.20. The number of halogens is 3. The van der Waals surface area contributed by atoms with Crippen molar-refractivity contribution in [2.75, 3.05) is 0 Å². The van der Waals surface area contributed by atoms with Gasteiger partial charge in [0, 0.05) is 17.9 Å². The first-order valence-corrected chi connectivity index (χ1v) is 6.45. The molecule has 0 saturated carbocycles. The number of benzene rings is 1. The molecule has 0 aliphatic rings. The molecule has 0 spiro atoms. The molecular weight excluding hydrogens is 322 g/mol. The Morgan fingerprint density at radius 1 is 1.56 bits per heavy atom. The van der Waals surface area contributed by atoms with Gasteiger partial charge in [0.2, 0.25) is 0 Å². The Morgan fingerprint density at radius 3 is 2.89 bits per heavy atom. The van der Waals surface area contributed by atoms with Crippen LogP contribution in [0.25, 0.3) is 0 Å². The number of imidazole rings is 1. The van der Waals surface area contributed by atoms with Gasteiger partial charge in [-0.2, -0.15) is 0 Å². The minimum atomic E-state index is -0.833. The summed E-state index contributed by atoms with van der Waals surface area (Å²) in [5, 5.41) is 10.5. The van der Waals surface area contributed by atoms with Crippen LogP contribution in [-0.4, -0.2) is 14.7 Å². The molecule has 0 saturated heterocycles. The van der Waals surface area contributed by atoms with Crippen LogP contribution >= 0.6 is 27.5 Å². The standard InChI is InChI=1S/C12H11BrClFN2O/c1-17-11(14)6-16-12(17)10(18)5-7-4-8(15)2-3-9(7)13/h2-4,6,10,18H,5H2,1H3. The molecule has 18 heavy (non-hydrogen) atoms. The molecule has 0 aliphatic heterocycles. The molecule has 1 unspecified atom stereocenters. The Hall–Kier alpha value is -0.910. The van der Waals surface area contributed by atoms with E-state index in [4.69, 9.17) is 11.6 Å². The van der Waals surface area contributed by atoms with Crippen molar-refractivity contribution in [1.29, 1.82) is 0 Å². The summed E-state index contributed by atoms with van der Waals surface area (Å²) in [4.78, 5) is 4.04. The van der Waals surface area contributed by atoms with Gasteiger partial charge in [-0.05, 0) is 23.8 Å². The topological polar surface area (TPSA) is 38.0 Å². The maximum absolute atomic E-state index is 13.1. The third-order valence-corrected chi connectivity index (χ3v) is 3.81. The van der Waals surface area contributed by atoms with Gasteiger partial charge < -0.3 is 9.67 Å². The first-order chi connectivity index (χ1) is 8.49. The lowest BCUT2D eigenvalue weighted by molar-refractivity contribution is 0.164. The predicted molar refractivity (Wildman–Crippen MR) is 71.0 cm³/mol. The van der Waals surface area contributed by atoms with Crippen LogP contribution in [0.2, 0.25) is 5.15 Å². The van der Waals surface area contributed by atoms with Crippen molar-refractivity contribution in [3.8, 4) is 0 Å². The molecule has 1 heterocycles. The monoisotopic (exact) mass is 332 g/mol. The molecule has 0 fully saturated rings. The first-order valence-electron chi connectivity index (χ1n) is 5.28. The molecule has 0 radical (unpaired) electrons. The molecule has 1 atom stereocenters. The van der Waals surface area contributed by atoms with Crippen molar-refractivity contribution < 1.29 is 9.50 Å². The third-order valence-electron chi connectivity index (χ3n) is 2.69. The van der Waals surface area contributed by atoms with Crippen LogP contribution in [0.15, 0.2) is 28.9 Å². The van der Waals surface area contributed by atoms with Crippen LogP contribution in [0.3, 0.4) is 0 Å². The number of aromatic nitrogens is 2. The maximum atomic E-state index is 13.1. The number of nitrogens with zero attached hydrogens (tertiary/aromatic N) is 2. The largest absolute Gasteiger partial charge is 0.385 e. The van der Waals surface area contributed by atoms with E-state index in [1.54, 1.807) is 17.7 Å². The second kappa shape index (κ2) is 5.38. The first kappa shape index (κ1) is 13.5. The van der Waals surface area contributed by atoms with Gasteiger partial charge in [-0.15, -0.1) is 0 Å². The van der Waals surface area contributed by atoms with Gasteiger partial charge in [-0.1, -0.05) is 27.5 Å². The minimum absolute atomic E-state index is 0.263. The number of hydrogen-bond donors (Lipinski definition) is 1. The molecule has 0 bridgehead atoms. The van der Waals surface area contributed by atoms with E-state index in [9.17, 15) is 9.50 Å². The van der Waals surface area contributed by atoms with E-state index < -0.39 is 6.10 Å². The SMILES string of the molecule is Cn1c(Cl)cnc1C(O)Cc1cc(F)ccc1Br. The number of aliphatic hydroxyl groups excluding tert-OH is 1. The summed E-state index contributed by atoms with van der Waals surface area (Å²) in [6.07, 6.45) is 0.904. The Kier molecular flexibility index (Phi) is 4.04. The van der Waals surface area contributed by atoms with Crippen LogP contribution in [0.4, 0.5) is 4.39 Å². The molecule has 0 amide bonds. The van der Waals surface area contributed by atoms with Crippen molar-refractivity contribution in [2.45, 2.75) is 12.5 Å². The molecule has 1 N–H and O–H groups in total. The molecule has 2 aromatic rings. The zero-order chi connectivity index (χ0) is 13.3. The minimum Gasteiger partial charge on any atom is -0.385 e. The van der Waals surface area contributed by atoms with E-state index >= 15 is 0 Å². The summed E-state index contributed by atoms with van der Waals surface area (Å²) in [5.74, 6) is 0.120. The lowest BCUT2D eigenvalue weighted by Gasteiger charge is -2.12. The molecule has 96 valence electrons. The zero-order valence-electron chi connectivity index (χ0n) is 9.57. The summed E-state index contributed by atoms with van der Waals surface area (Å²) in [6.45, 7) is 0. The normalized spacial score (nSPS) is 12.7. The van der Waals surface area contributed by atoms with E-state index in [1.165, 1.54) is 18.3 Å². The summed E-state index contributed by atoms with van der Waals surface area (Å²) in [5.41, 5.74) is 0.682. The van der Waals surface area contributed by atoms with Crippen LogP contribution in [0.5, 0.6) is 0 Å². The molecule has 3 nitrogen and oxygen atoms in total. The van der Waals surface area contributed by atoms with Gasteiger partial charge in [0.1, 0.15) is 22.9 Å². The lowest BCUT2D eigenvalue weighted by atomic mass is 10.1. The van der Waals surface area contributed by atoms with Gasteiger partial charge in [0.25, 0.3) is 0 Å². The van der Waals surface area contributed by atoms with Crippen molar-refractivity contribution >= 4 is 27.5 Å². The van der Waals surface area contributed by atoms with Gasteiger partial charge >= 0.3 is 0 Å². The molecule has 0 aliphatic carbocycles. The molecule has 1 aromatic carbocycles. The third kappa shape index (κ3) is 2.74. The van der Waals surface area contributed by atoms with Crippen LogP contribution < -0.4 is 0 Å². The van der Waals surface area contributed by atoms with Crippen molar-refractivity contribution in [2.24, 2.45) is 7.05 Å². The highest BCUT2D eigenvalue weighted by molar-refractivity contribution is 9.10. The fourth-order valence-corrected chi connectivity index (χ4v) is 2.25. The fraction of sp³-hybridized carbons (Fsp3) is 0.250. The van der Waals surface area contributed by atoms with E-state index in [1.807, 2.05) is 0 Å². The number of aliphatic hydroxyl groups is 1. The van der Waals surface area contributed by atoms with Crippen LogP contribution in [0.1, 0.15) is 17.5 Å². The van der Waals surface area contributed by atoms with Gasteiger partial charge in [-0.3, -0.25) is 0 Å². The van der Waals surface area contributed by atoms with Crippen molar-refractivity contribution in [1.82, 2.24) is 9.55 Å². The highest BCUT2D eigenvalue weighted by Crippen LogP contribution is 2.25.